The molecule has 1 saturated heterocycles. The molecule has 1 aliphatic heterocycles. The van der Waals surface area contributed by atoms with E-state index in [9.17, 15) is 0 Å². The Labute approximate surface area is 123 Å². The molecule has 2 heterocycles. The molecule has 2 aromatic rings. The molecule has 0 bridgehead atoms. The fourth-order valence-corrected chi connectivity index (χ4v) is 3.58. The summed E-state index contributed by atoms with van der Waals surface area (Å²) in [4.78, 5) is 7.81. The lowest BCUT2D eigenvalue weighted by Gasteiger charge is -2.16. The smallest absolute Gasteiger partial charge is 0.180 e. The van der Waals surface area contributed by atoms with Crippen LogP contribution in [-0.4, -0.2) is 30.1 Å². The number of nitrogens with zero attached hydrogens (tertiary/aromatic N) is 2. The van der Waals surface area contributed by atoms with Gasteiger partial charge in [-0.05, 0) is 24.6 Å². The Balaban J connectivity index is 1.67. The van der Waals surface area contributed by atoms with Gasteiger partial charge in [0, 0.05) is 30.1 Å². The first-order chi connectivity index (χ1) is 9.76. The molecule has 1 aromatic carbocycles. The minimum atomic E-state index is 0.552. The molecule has 1 fully saturated rings. The maximum atomic E-state index is 5.68. The highest BCUT2D eigenvalue weighted by Gasteiger charge is 2.26. The lowest BCUT2D eigenvalue weighted by molar-refractivity contribution is 0.328. The lowest BCUT2D eigenvalue weighted by Crippen LogP contribution is -2.19. The minimum Gasteiger partial charge on any atom is -0.496 e. The first-order valence-electron chi connectivity index (χ1n) is 6.81. The monoisotopic (exact) mass is 289 g/mol. The van der Waals surface area contributed by atoms with E-state index in [1.54, 1.807) is 18.4 Å². The third-order valence-corrected chi connectivity index (χ3v) is 4.61. The first kappa shape index (κ1) is 13.4. The predicted octanol–water partition coefficient (Wildman–Crippen LogP) is 2.72. The number of ether oxygens (including phenoxy) is 1. The number of rotatable bonds is 4. The van der Waals surface area contributed by atoms with Gasteiger partial charge in [0.2, 0.25) is 0 Å². The van der Waals surface area contributed by atoms with Crippen LogP contribution in [0.4, 0.5) is 5.13 Å². The van der Waals surface area contributed by atoms with Crippen LogP contribution in [0.1, 0.15) is 22.8 Å². The summed E-state index contributed by atoms with van der Waals surface area (Å²) in [5, 5.41) is 0.653. The lowest BCUT2D eigenvalue weighted by atomic mass is 9.97. The fourth-order valence-electron chi connectivity index (χ4n) is 2.85. The van der Waals surface area contributed by atoms with Gasteiger partial charge < -0.3 is 10.5 Å². The molecular formula is C15H19N3OS. The van der Waals surface area contributed by atoms with Gasteiger partial charge in [-0.15, -0.1) is 11.3 Å². The van der Waals surface area contributed by atoms with E-state index in [0.29, 0.717) is 11.0 Å². The highest BCUT2D eigenvalue weighted by Crippen LogP contribution is 2.34. The highest BCUT2D eigenvalue weighted by molar-refractivity contribution is 7.15. The van der Waals surface area contributed by atoms with Crippen molar-refractivity contribution in [2.24, 2.45) is 0 Å². The molecule has 0 radical (unpaired) electrons. The van der Waals surface area contributed by atoms with E-state index in [1.165, 1.54) is 16.9 Å². The SMILES string of the molecule is COc1ccccc1C1CCN(Cc2cnc(N)s2)C1. The number of thiazole rings is 1. The third-order valence-electron chi connectivity index (χ3n) is 3.80. The largest absolute Gasteiger partial charge is 0.496 e. The van der Waals surface area contributed by atoms with Crippen LogP contribution in [0.2, 0.25) is 0 Å². The topological polar surface area (TPSA) is 51.4 Å². The number of benzene rings is 1. The molecule has 0 saturated carbocycles. The summed E-state index contributed by atoms with van der Waals surface area (Å²) in [6.45, 7) is 3.12. The molecule has 106 valence electrons. The van der Waals surface area contributed by atoms with Crippen LogP contribution in [0.3, 0.4) is 0 Å². The van der Waals surface area contributed by atoms with Gasteiger partial charge >= 0.3 is 0 Å². The van der Waals surface area contributed by atoms with Gasteiger partial charge in [-0.2, -0.15) is 0 Å². The Morgan fingerprint density at radius 2 is 2.30 bits per heavy atom. The van der Waals surface area contributed by atoms with E-state index in [2.05, 4.69) is 22.0 Å². The van der Waals surface area contributed by atoms with Crippen molar-refractivity contribution in [2.45, 2.75) is 18.9 Å². The third kappa shape index (κ3) is 2.78. The van der Waals surface area contributed by atoms with Crippen molar-refractivity contribution in [1.82, 2.24) is 9.88 Å². The highest BCUT2D eigenvalue weighted by atomic mass is 32.1. The van der Waals surface area contributed by atoms with Gasteiger partial charge in [-0.3, -0.25) is 4.90 Å². The molecule has 5 heteroatoms. The van der Waals surface area contributed by atoms with E-state index in [1.807, 2.05) is 18.3 Å². The number of hydrogen-bond acceptors (Lipinski definition) is 5. The number of nitrogen functional groups attached to an aromatic ring is 1. The molecule has 2 N–H and O–H groups in total. The Kier molecular flexibility index (Phi) is 3.89. The molecule has 1 aromatic heterocycles. The van der Waals surface area contributed by atoms with Crippen LogP contribution in [0.5, 0.6) is 5.75 Å². The van der Waals surface area contributed by atoms with Crippen LogP contribution in [-0.2, 0) is 6.54 Å². The minimum absolute atomic E-state index is 0.552. The first-order valence-corrected chi connectivity index (χ1v) is 7.63. The quantitative estimate of drug-likeness (QED) is 0.940. The van der Waals surface area contributed by atoms with Crippen molar-refractivity contribution in [2.75, 3.05) is 25.9 Å². The molecule has 1 atom stereocenters. The van der Waals surface area contributed by atoms with Crippen molar-refractivity contribution in [3.05, 3.63) is 40.9 Å². The zero-order valence-electron chi connectivity index (χ0n) is 11.6. The molecule has 1 unspecified atom stereocenters. The zero-order chi connectivity index (χ0) is 13.9. The number of hydrogen-bond donors (Lipinski definition) is 1. The summed E-state index contributed by atoms with van der Waals surface area (Å²) < 4.78 is 5.47. The number of aromatic nitrogens is 1. The normalized spacial score (nSPS) is 19.4. The van der Waals surface area contributed by atoms with Crippen LogP contribution in [0.25, 0.3) is 0 Å². The Morgan fingerprint density at radius 3 is 3.05 bits per heavy atom. The van der Waals surface area contributed by atoms with E-state index in [0.717, 1.165) is 25.4 Å². The van der Waals surface area contributed by atoms with Crippen molar-refractivity contribution in [3.63, 3.8) is 0 Å². The summed E-state index contributed by atoms with van der Waals surface area (Å²) in [6, 6.07) is 8.33. The molecule has 0 aliphatic carbocycles. The second kappa shape index (κ2) is 5.81. The second-order valence-corrected chi connectivity index (χ2v) is 6.27. The van der Waals surface area contributed by atoms with Crippen LogP contribution >= 0.6 is 11.3 Å². The van der Waals surface area contributed by atoms with E-state index in [-0.39, 0.29) is 0 Å². The number of anilines is 1. The van der Waals surface area contributed by atoms with Crippen LogP contribution < -0.4 is 10.5 Å². The summed E-state index contributed by atoms with van der Waals surface area (Å²) in [5.74, 6) is 1.55. The Morgan fingerprint density at radius 1 is 1.45 bits per heavy atom. The van der Waals surface area contributed by atoms with Gasteiger partial charge in [0.15, 0.2) is 5.13 Å². The van der Waals surface area contributed by atoms with Gasteiger partial charge in [-0.25, -0.2) is 4.98 Å². The van der Waals surface area contributed by atoms with Crippen molar-refractivity contribution >= 4 is 16.5 Å². The second-order valence-electron chi connectivity index (χ2n) is 5.13. The molecule has 0 amide bonds. The number of nitrogens with two attached hydrogens (primary N) is 1. The van der Waals surface area contributed by atoms with Crippen molar-refractivity contribution in [3.8, 4) is 5.75 Å². The Hall–Kier alpha value is -1.59. The maximum Gasteiger partial charge on any atom is 0.180 e. The van der Waals surface area contributed by atoms with Gasteiger partial charge in [0.25, 0.3) is 0 Å². The van der Waals surface area contributed by atoms with E-state index >= 15 is 0 Å². The zero-order valence-corrected chi connectivity index (χ0v) is 12.4. The summed E-state index contributed by atoms with van der Waals surface area (Å²) in [7, 11) is 1.74. The number of para-hydroxylation sites is 1. The summed E-state index contributed by atoms with van der Waals surface area (Å²) in [6.07, 6.45) is 3.06. The molecule has 4 nitrogen and oxygen atoms in total. The maximum absolute atomic E-state index is 5.68. The predicted molar refractivity (Wildman–Crippen MR) is 82.2 cm³/mol. The molecular weight excluding hydrogens is 270 g/mol. The number of methoxy groups -OCH3 is 1. The number of likely N-dealkylation sites (tertiary alicyclic amines) is 1. The van der Waals surface area contributed by atoms with E-state index in [4.69, 9.17) is 10.5 Å². The summed E-state index contributed by atoms with van der Waals surface area (Å²) in [5.41, 5.74) is 7.00. The van der Waals surface area contributed by atoms with Gasteiger partial charge in [-0.1, -0.05) is 18.2 Å². The molecule has 0 spiro atoms. The van der Waals surface area contributed by atoms with Gasteiger partial charge in [0.1, 0.15) is 5.75 Å². The van der Waals surface area contributed by atoms with Crippen molar-refractivity contribution < 1.29 is 4.74 Å². The molecule has 3 rings (SSSR count). The Bertz CT molecular complexity index is 584. The van der Waals surface area contributed by atoms with Crippen LogP contribution in [0, 0.1) is 0 Å². The van der Waals surface area contributed by atoms with Crippen molar-refractivity contribution in [1.29, 1.82) is 0 Å². The summed E-state index contributed by atoms with van der Waals surface area (Å²) >= 11 is 1.58. The average Bonchev–Trinajstić information content (AvgIpc) is 3.08. The average molecular weight is 289 g/mol. The molecule has 1 aliphatic rings. The fraction of sp³-hybridized carbons (Fsp3) is 0.400. The molecule has 20 heavy (non-hydrogen) atoms. The standard InChI is InChI=1S/C15H19N3OS/c1-19-14-5-3-2-4-13(14)11-6-7-18(9-11)10-12-8-17-15(16)20-12/h2-5,8,11H,6-7,9-10H2,1H3,(H2,16,17). The van der Waals surface area contributed by atoms with E-state index < -0.39 is 0 Å². The van der Waals surface area contributed by atoms with Crippen LogP contribution in [0.15, 0.2) is 30.5 Å². The van der Waals surface area contributed by atoms with Gasteiger partial charge in [0.05, 0.1) is 7.11 Å².